The van der Waals surface area contributed by atoms with Gasteiger partial charge in [0.05, 0.1) is 18.3 Å². The average Bonchev–Trinajstić information content (AvgIpc) is 3.32. The van der Waals surface area contributed by atoms with Crippen LogP contribution in [-0.4, -0.2) is 33.9 Å². The summed E-state index contributed by atoms with van der Waals surface area (Å²) < 4.78 is 36.8. The predicted octanol–water partition coefficient (Wildman–Crippen LogP) is 2.89. The van der Waals surface area contributed by atoms with E-state index in [-0.39, 0.29) is 23.7 Å². The molecule has 32 heavy (non-hydrogen) atoms. The molecule has 2 amide bonds. The fourth-order valence-corrected chi connectivity index (χ4v) is 4.71. The van der Waals surface area contributed by atoms with Crippen LogP contribution in [0.5, 0.6) is 5.75 Å². The maximum atomic E-state index is 13.1. The highest BCUT2D eigenvalue weighted by Gasteiger charge is 2.32. The van der Waals surface area contributed by atoms with Crippen LogP contribution >= 0.6 is 11.6 Å². The van der Waals surface area contributed by atoms with Crippen LogP contribution in [0.2, 0.25) is 5.02 Å². The summed E-state index contributed by atoms with van der Waals surface area (Å²) in [6.07, 6.45) is 1.33. The Kier molecular flexibility index (Phi) is 7.55. The van der Waals surface area contributed by atoms with Crippen LogP contribution < -0.4 is 15.4 Å². The summed E-state index contributed by atoms with van der Waals surface area (Å²) in [5.41, 5.74) is 0.690. The van der Waals surface area contributed by atoms with Crippen LogP contribution in [0.4, 0.5) is 0 Å². The van der Waals surface area contributed by atoms with E-state index >= 15 is 0 Å². The lowest BCUT2D eigenvalue weighted by molar-refractivity contribution is -0.139. The SMILES string of the molecule is COc1ccccc1CNC(=O)C(=O)NCC(c1ccco1)S(=O)(=O)c1ccc(Cl)cc1. The number of rotatable bonds is 8. The number of halogens is 1. The first kappa shape index (κ1) is 23.4. The molecule has 1 atom stereocenters. The Hall–Kier alpha value is -3.30. The number of benzene rings is 2. The van der Waals surface area contributed by atoms with E-state index in [1.54, 1.807) is 30.3 Å². The van der Waals surface area contributed by atoms with Gasteiger partial charge in [-0.3, -0.25) is 9.59 Å². The number of nitrogens with one attached hydrogen (secondary N) is 2. The lowest BCUT2D eigenvalue weighted by Gasteiger charge is -2.17. The molecule has 0 aliphatic carbocycles. The Morgan fingerprint density at radius 2 is 1.69 bits per heavy atom. The van der Waals surface area contributed by atoms with Crippen molar-refractivity contribution in [3.63, 3.8) is 0 Å². The standard InChI is InChI=1S/C22H21ClN2O6S/c1-30-18-6-3-2-5-15(18)13-24-21(26)22(27)25-14-20(19-7-4-12-31-19)32(28,29)17-10-8-16(23)9-11-17/h2-12,20H,13-14H2,1H3,(H,24,26)(H,25,27). The van der Waals surface area contributed by atoms with Gasteiger partial charge in [0.1, 0.15) is 16.8 Å². The maximum Gasteiger partial charge on any atom is 0.309 e. The van der Waals surface area contributed by atoms with Crippen molar-refractivity contribution in [3.05, 3.63) is 83.3 Å². The Balaban J connectivity index is 1.69. The molecule has 0 radical (unpaired) electrons. The van der Waals surface area contributed by atoms with Crippen molar-refractivity contribution in [3.8, 4) is 5.75 Å². The van der Waals surface area contributed by atoms with Gasteiger partial charge >= 0.3 is 11.8 Å². The smallest absolute Gasteiger partial charge is 0.309 e. The summed E-state index contributed by atoms with van der Waals surface area (Å²) in [6.45, 7) is -0.291. The second kappa shape index (κ2) is 10.3. The van der Waals surface area contributed by atoms with Gasteiger partial charge in [0.15, 0.2) is 9.84 Å². The van der Waals surface area contributed by atoms with Crippen molar-refractivity contribution >= 4 is 33.3 Å². The molecule has 1 unspecified atom stereocenters. The highest BCUT2D eigenvalue weighted by molar-refractivity contribution is 7.91. The maximum absolute atomic E-state index is 13.1. The van der Waals surface area contributed by atoms with Gasteiger partial charge in [-0.2, -0.15) is 0 Å². The lowest BCUT2D eigenvalue weighted by Crippen LogP contribution is -2.42. The highest BCUT2D eigenvalue weighted by atomic mass is 35.5. The molecule has 0 saturated heterocycles. The molecule has 0 fully saturated rings. The Morgan fingerprint density at radius 3 is 2.34 bits per heavy atom. The Morgan fingerprint density at radius 1 is 1.00 bits per heavy atom. The number of furan rings is 1. The van der Waals surface area contributed by atoms with E-state index in [2.05, 4.69) is 10.6 Å². The van der Waals surface area contributed by atoms with Crippen LogP contribution in [0.15, 0.2) is 76.2 Å². The van der Waals surface area contributed by atoms with Crippen LogP contribution in [-0.2, 0) is 26.0 Å². The topological polar surface area (TPSA) is 115 Å². The number of carbonyl (C=O) groups excluding carboxylic acids is 2. The van der Waals surface area contributed by atoms with Crippen LogP contribution in [0, 0.1) is 0 Å². The first-order valence-corrected chi connectivity index (χ1v) is 11.5. The molecular formula is C22H21ClN2O6S. The molecule has 3 aromatic rings. The molecule has 10 heteroatoms. The molecule has 0 spiro atoms. The third-order valence-electron chi connectivity index (χ3n) is 4.66. The second-order valence-electron chi connectivity index (χ2n) is 6.71. The molecule has 0 saturated carbocycles. The van der Waals surface area contributed by atoms with Crippen molar-refractivity contribution in [2.45, 2.75) is 16.7 Å². The van der Waals surface area contributed by atoms with E-state index in [0.29, 0.717) is 16.3 Å². The van der Waals surface area contributed by atoms with Gasteiger partial charge in [-0.1, -0.05) is 29.8 Å². The summed E-state index contributed by atoms with van der Waals surface area (Å²) in [5, 5.41) is 4.02. The minimum atomic E-state index is -3.94. The summed E-state index contributed by atoms with van der Waals surface area (Å²) >= 11 is 5.85. The highest BCUT2D eigenvalue weighted by Crippen LogP contribution is 2.29. The number of methoxy groups -OCH3 is 1. The van der Waals surface area contributed by atoms with Gasteiger partial charge in [-0.15, -0.1) is 0 Å². The molecule has 0 aliphatic rings. The summed E-state index contributed by atoms with van der Waals surface area (Å²) in [4.78, 5) is 24.5. The number of amides is 2. The van der Waals surface area contributed by atoms with Crippen LogP contribution in [0.3, 0.4) is 0 Å². The van der Waals surface area contributed by atoms with Crippen LogP contribution in [0.1, 0.15) is 16.6 Å². The van der Waals surface area contributed by atoms with E-state index < -0.39 is 26.9 Å². The molecule has 1 aromatic heterocycles. The molecule has 0 bridgehead atoms. The molecule has 2 N–H and O–H groups in total. The first-order chi connectivity index (χ1) is 15.3. The monoisotopic (exact) mass is 476 g/mol. The largest absolute Gasteiger partial charge is 0.496 e. The third kappa shape index (κ3) is 5.49. The molecule has 8 nitrogen and oxygen atoms in total. The number of sulfone groups is 1. The van der Waals surface area contributed by atoms with Crippen molar-refractivity contribution in [1.29, 1.82) is 0 Å². The van der Waals surface area contributed by atoms with Gasteiger partial charge in [0.25, 0.3) is 0 Å². The van der Waals surface area contributed by atoms with Gasteiger partial charge in [-0.25, -0.2) is 8.42 Å². The fraction of sp³-hybridized carbons (Fsp3) is 0.182. The number of carbonyl (C=O) groups is 2. The van der Waals surface area contributed by atoms with Gasteiger partial charge < -0.3 is 19.8 Å². The van der Waals surface area contributed by atoms with Crippen LogP contribution in [0.25, 0.3) is 0 Å². The van der Waals surface area contributed by atoms with Crippen molar-refractivity contribution in [2.24, 2.45) is 0 Å². The van der Waals surface area contributed by atoms with Gasteiger partial charge in [-0.05, 0) is 42.5 Å². The van der Waals surface area contributed by atoms with E-state index in [9.17, 15) is 18.0 Å². The zero-order chi connectivity index (χ0) is 23.1. The van der Waals surface area contributed by atoms with Gasteiger partial charge in [0.2, 0.25) is 0 Å². The summed E-state index contributed by atoms with van der Waals surface area (Å²) in [5.74, 6) is -1.17. The minimum Gasteiger partial charge on any atom is -0.496 e. The predicted molar refractivity (Wildman–Crippen MR) is 118 cm³/mol. The quantitative estimate of drug-likeness (QED) is 0.483. The lowest BCUT2D eigenvalue weighted by atomic mass is 10.2. The summed E-state index contributed by atoms with van der Waals surface area (Å²) in [7, 11) is -2.44. The van der Waals surface area contributed by atoms with Crippen molar-refractivity contribution in [1.82, 2.24) is 10.6 Å². The minimum absolute atomic E-state index is 0.0122. The first-order valence-electron chi connectivity index (χ1n) is 9.53. The molecule has 1 heterocycles. The zero-order valence-electron chi connectivity index (χ0n) is 17.1. The summed E-state index contributed by atoms with van der Waals surface area (Å²) in [6, 6.07) is 15.7. The molecule has 3 rings (SSSR count). The molecule has 0 aliphatic heterocycles. The average molecular weight is 477 g/mol. The van der Waals surface area contributed by atoms with Gasteiger partial charge in [0, 0.05) is 23.7 Å². The Labute approximate surface area is 190 Å². The number of hydrogen-bond donors (Lipinski definition) is 2. The molecule has 168 valence electrons. The second-order valence-corrected chi connectivity index (χ2v) is 9.27. The molecule has 2 aromatic carbocycles. The number of ether oxygens (including phenoxy) is 1. The number of para-hydroxylation sites is 1. The number of hydrogen-bond acceptors (Lipinski definition) is 6. The van der Waals surface area contributed by atoms with E-state index in [1.165, 1.54) is 43.7 Å². The van der Waals surface area contributed by atoms with Crippen molar-refractivity contribution in [2.75, 3.05) is 13.7 Å². The van der Waals surface area contributed by atoms with Crippen molar-refractivity contribution < 1.29 is 27.2 Å². The van der Waals surface area contributed by atoms with E-state index in [1.807, 2.05) is 0 Å². The Bertz CT molecular complexity index is 1180. The van der Waals surface area contributed by atoms with E-state index in [0.717, 1.165) is 0 Å². The van der Waals surface area contributed by atoms with E-state index in [4.69, 9.17) is 20.8 Å². The normalized spacial score (nSPS) is 12.1. The fourth-order valence-electron chi connectivity index (χ4n) is 3.00. The third-order valence-corrected chi connectivity index (χ3v) is 6.99. The molecular weight excluding hydrogens is 456 g/mol. The zero-order valence-corrected chi connectivity index (χ0v) is 18.7.